The van der Waals surface area contributed by atoms with Gasteiger partial charge in [0.2, 0.25) is 0 Å². The molecule has 0 radical (unpaired) electrons. The van der Waals surface area contributed by atoms with Gasteiger partial charge in [-0.1, -0.05) is 24.0 Å². The molecule has 0 aliphatic carbocycles. The van der Waals surface area contributed by atoms with Crippen molar-refractivity contribution in [3.05, 3.63) is 78.4 Å². The summed E-state index contributed by atoms with van der Waals surface area (Å²) in [5.41, 5.74) is 7.96. The second-order valence-corrected chi connectivity index (χ2v) is 6.45. The summed E-state index contributed by atoms with van der Waals surface area (Å²) in [4.78, 5) is 24.0. The Labute approximate surface area is 170 Å². The van der Waals surface area contributed by atoms with Gasteiger partial charge in [0.25, 0.3) is 11.8 Å². The third kappa shape index (κ3) is 6.81. The predicted octanol–water partition coefficient (Wildman–Crippen LogP) is 1.85. The van der Waals surface area contributed by atoms with Gasteiger partial charge in [-0.25, -0.2) is 5.48 Å². The lowest BCUT2D eigenvalue weighted by Gasteiger charge is -2.28. The Morgan fingerprint density at radius 1 is 1.07 bits per heavy atom. The lowest BCUT2D eigenvalue weighted by atomic mass is 9.97. The fraction of sp³-hybridized carbons (Fsp3) is 0.182. The van der Waals surface area contributed by atoms with Gasteiger partial charge in [-0.15, -0.1) is 13.2 Å². The van der Waals surface area contributed by atoms with E-state index in [2.05, 4.69) is 30.3 Å². The van der Waals surface area contributed by atoms with Crippen LogP contribution < -0.4 is 16.5 Å². The summed E-state index contributed by atoms with van der Waals surface area (Å²) in [7, 11) is 0. The van der Waals surface area contributed by atoms with E-state index in [1.807, 2.05) is 18.2 Å². The molecule has 1 unspecified atom stereocenters. The Kier molecular flexibility index (Phi) is 8.62. The number of amides is 2. The first-order valence-corrected chi connectivity index (χ1v) is 8.66. The van der Waals surface area contributed by atoms with Crippen LogP contribution in [0.25, 0.3) is 0 Å². The summed E-state index contributed by atoms with van der Waals surface area (Å²) in [6, 6.07) is 12.3. The van der Waals surface area contributed by atoms with Gasteiger partial charge in [-0.05, 0) is 50.2 Å². The average molecular weight is 395 g/mol. The van der Waals surface area contributed by atoms with Gasteiger partial charge in [0.1, 0.15) is 6.04 Å². The summed E-state index contributed by atoms with van der Waals surface area (Å²) in [5, 5.41) is 21.2. The minimum Gasteiger partial charge on any atom is -0.398 e. The van der Waals surface area contributed by atoms with Crippen LogP contribution in [0.1, 0.15) is 35.3 Å². The van der Waals surface area contributed by atoms with Crippen molar-refractivity contribution in [3.8, 4) is 11.8 Å². The molecule has 0 aromatic heterocycles. The number of carbonyl (C=O) groups excluding carboxylic acids is 2. The zero-order chi connectivity index (χ0) is 22.0. The zero-order valence-corrected chi connectivity index (χ0v) is 16.4. The average Bonchev–Trinajstić information content (AvgIpc) is 2.71. The third-order valence-corrected chi connectivity index (χ3v) is 3.80. The van der Waals surface area contributed by atoms with Crippen molar-refractivity contribution in [2.24, 2.45) is 0 Å². The van der Waals surface area contributed by atoms with E-state index in [9.17, 15) is 14.7 Å². The largest absolute Gasteiger partial charge is 0.398 e. The zero-order valence-electron chi connectivity index (χ0n) is 16.4. The normalized spacial score (nSPS) is 11.0. The molecule has 7 heteroatoms. The Morgan fingerprint density at radius 3 is 2.17 bits per heavy atom. The van der Waals surface area contributed by atoms with Crippen LogP contribution in [0, 0.1) is 11.8 Å². The molecule has 0 saturated carbocycles. The summed E-state index contributed by atoms with van der Waals surface area (Å²) in [6.07, 6.45) is 0. The second kappa shape index (κ2) is 10.7. The smallest absolute Gasteiger partial charge is 0.268 e. The van der Waals surface area contributed by atoms with Gasteiger partial charge in [0, 0.05) is 22.4 Å². The van der Waals surface area contributed by atoms with Crippen molar-refractivity contribution in [2.75, 3.05) is 5.73 Å². The SMILES string of the molecule is C=C.CC(C)(O)C(NC(=O)c1ccc(C#Cc2ccccc2N)cc1)C(=O)NO. The third-order valence-electron chi connectivity index (χ3n) is 3.80. The van der Waals surface area contributed by atoms with Gasteiger partial charge in [-0.2, -0.15) is 0 Å². The molecule has 0 heterocycles. The number of hydroxylamine groups is 1. The highest BCUT2D eigenvalue weighted by molar-refractivity contribution is 5.97. The number of benzene rings is 2. The summed E-state index contributed by atoms with van der Waals surface area (Å²) in [6.45, 7) is 8.70. The standard InChI is InChI=1S/C20H21N3O4.C2H4/c1-20(2,26)17(19(25)23-27)22-18(24)15-11-8-13(9-12-15)7-10-14-5-3-4-6-16(14)21;1-2/h3-6,8-9,11-12,17,26-27H,21H2,1-2H3,(H,22,24)(H,23,25);1-2H2. The number of nitrogen functional groups attached to an aromatic ring is 1. The summed E-state index contributed by atoms with van der Waals surface area (Å²) in [5.74, 6) is 4.44. The molecule has 2 aromatic rings. The van der Waals surface area contributed by atoms with Gasteiger partial charge < -0.3 is 16.2 Å². The number of carbonyl (C=O) groups is 2. The van der Waals surface area contributed by atoms with E-state index in [1.165, 1.54) is 19.3 Å². The molecule has 0 spiro atoms. The van der Waals surface area contributed by atoms with Crippen molar-refractivity contribution >= 4 is 17.5 Å². The highest BCUT2D eigenvalue weighted by atomic mass is 16.5. The topological polar surface area (TPSA) is 125 Å². The predicted molar refractivity (Wildman–Crippen MR) is 112 cm³/mol. The lowest BCUT2D eigenvalue weighted by molar-refractivity contribution is -0.136. The maximum Gasteiger partial charge on any atom is 0.268 e. The molecule has 6 N–H and O–H groups in total. The quantitative estimate of drug-likeness (QED) is 0.178. The van der Waals surface area contributed by atoms with E-state index in [4.69, 9.17) is 10.9 Å². The van der Waals surface area contributed by atoms with Crippen molar-refractivity contribution < 1.29 is 19.9 Å². The Bertz CT molecular complexity index is 906. The Hall–Kier alpha value is -3.60. The second-order valence-electron chi connectivity index (χ2n) is 6.45. The monoisotopic (exact) mass is 395 g/mol. The number of nitrogens with one attached hydrogen (secondary N) is 2. The van der Waals surface area contributed by atoms with Crippen LogP contribution in [0.2, 0.25) is 0 Å². The fourth-order valence-corrected chi connectivity index (χ4v) is 2.30. The molecule has 0 aliphatic heterocycles. The van der Waals surface area contributed by atoms with Crippen LogP contribution in [0.15, 0.2) is 61.7 Å². The van der Waals surface area contributed by atoms with E-state index in [-0.39, 0.29) is 5.56 Å². The molecule has 0 saturated heterocycles. The van der Waals surface area contributed by atoms with Crippen LogP contribution in [0.3, 0.4) is 0 Å². The highest BCUT2D eigenvalue weighted by Gasteiger charge is 2.34. The van der Waals surface area contributed by atoms with Crippen molar-refractivity contribution in [2.45, 2.75) is 25.5 Å². The highest BCUT2D eigenvalue weighted by Crippen LogP contribution is 2.12. The summed E-state index contributed by atoms with van der Waals surface area (Å²) >= 11 is 0. The molecule has 2 amide bonds. The molecular weight excluding hydrogens is 370 g/mol. The van der Waals surface area contributed by atoms with Gasteiger partial charge in [0.15, 0.2) is 0 Å². The molecule has 0 aliphatic rings. The number of aliphatic hydroxyl groups is 1. The van der Waals surface area contributed by atoms with Crippen molar-refractivity contribution in [1.29, 1.82) is 0 Å². The maximum atomic E-state index is 12.3. The lowest BCUT2D eigenvalue weighted by Crippen LogP contribution is -2.57. The molecular formula is C22H25N3O4. The van der Waals surface area contributed by atoms with E-state index >= 15 is 0 Å². The van der Waals surface area contributed by atoms with Gasteiger partial charge in [-0.3, -0.25) is 14.8 Å². The number of para-hydroxylation sites is 1. The van der Waals surface area contributed by atoms with Crippen LogP contribution >= 0.6 is 0 Å². The van der Waals surface area contributed by atoms with Crippen LogP contribution in [0.4, 0.5) is 5.69 Å². The van der Waals surface area contributed by atoms with Crippen molar-refractivity contribution in [1.82, 2.24) is 10.8 Å². The molecule has 152 valence electrons. The fourth-order valence-electron chi connectivity index (χ4n) is 2.30. The maximum absolute atomic E-state index is 12.3. The van der Waals surface area contributed by atoms with Crippen LogP contribution in [0.5, 0.6) is 0 Å². The van der Waals surface area contributed by atoms with Crippen LogP contribution in [-0.2, 0) is 4.79 Å². The molecule has 2 rings (SSSR count). The number of hydrogen-bond donors (Lipinski definition) is 5. The number of rotatable bonds is 4. The van der Waals surface area contributed by atoms with Gasteiger partial charge >= 0.3 is 0 Å². The first-order chi connectivity index (χ1) is 13.7. The van der Waals surface area contributed by atoms with Gasteiger partial charge in [0.05, 0.1) is 5.60 Å². The Morgan fingerprint density at radius 2 is 1.66 bits per heavy atom. The molecule has 0 bridgehead atoms. The van der Waals surface area contributed by atoms with E-state index in [1.54, 1.807) is 30.3 Å². The molecule has 2 aromatic carbocycles. The number of nitrogens with two attached hydrogens (primary N) is 1. The molecule has 7 nitrogen and oxygen atoms in total. The minimum atomic E-state index is -1.57. The van der Waals surface area contributed by atoms with E-state index in [0.717, 1.165) is 0 Å². The van der Waals surface area contributed by atoms with E-state index < -0.39 is 23.5 Å². The minimum absolute atomic E-state index is 0.278. The number of anilines is 1. The van der Waals surface area contributed by atoms with Crippen LogP contribution in [-0.4, -0.2) is 33.8 Å². The molecule has 29 heavy (non-hydrogen) atoms. The van der Waals surface area contributed by atoms with Crippen molar-refractivity contribution in [3.63, 3.8) is 0 Å². The number of hydrogen-bond acceptors (Lipinski definition) is 5. The molecule has 1 atom stereocenters. The van der Waals surface area contributed by atoms with E-state index in [0.29, 0.717) is 16.8 Å². The molecule has 0 fully saturated rings. The summed E-state index contributed by atoms with van der Waals surface area (Å²) < 4.78 is 0. The first-order valence-electron chi connectivity index (χ1n) is 8.66. The first kappa shape index (κ1) is 23.4. The Balaban J connectivity index is 0.00000204.